The number of pyridine rings is 1. The maximum atomic E-state index is 12.1. The number of anilines is 1. The number of quaternary nitrogens is 1. The first-order valence-corrected chi connectivity index (χ1v) is 8.20. The van der Waals surface area contributed by atoms with E-state index in [1.54, 1.807) is 6.20 Å². The van der Waals surface area contributed by atoms with E-state index in [4.69, 9.17) is 0 Å². The summed E-state index contributed by atoms with van der Waals surface area (Å²) in [5.41, 5.74) is 0.760. The van der Waals surface area contributed by atoms with Crippen LogP contribution in [-0.4, -0.2) is 48.2 Å². The van der Waals surface area contributed by atoms with E-state index >= 15 is 0 Å². The number of sulfonamides is 1. The zero-order valence-electron chi connectivity index (χ0n) is 11.7. The summed E-state index contributed by atoms with van der Waals surface area (Å²) >= 11 is 0. The highest BCUT2D eigenvalue weighted by Crippen LogP contribution is 2.22. The molecule has 0 unspecified atom stereocenters. The summed E-state index contributed by atoms with van der Waals surface area (Å²) in [4.78, 5) is 6.76. The van der Waals surface area contributed by atoms with Crippen molar-refractivity contribution in [1.29, 1.82) is 0 Å². The molecule has 0 saturated carbocycles. The van der Waals surface area contributed by atoms with Gasteiger partial charge in [-0.3, -0.25) is 0 Å². The maximum Gasteiger partial charge on any atom is 0.248 e. The van der Waals surface area contributed by atoms with Gasteiger partial charge in [0.15, 0.2) is 17.3 Å². The Morgan fingerprint density at radius 1 is 1.50 bits per heavy atom. The van der Waals surface area contributed by atoms with Crippen molar-refractivity contribution in [3.63, 3.8) is 0 Å². The van der Waals surface area contributed by atoms with Crippen molar-refractivity contribution in [2.45, 2.75) is 4.90 Å². The third-order valence-corrected chi connectivity index (χ3v) is 5.05. The van der Waals surface area contributed by atoms with Crippen LogP contribution in [0.1, 0.15) is 0 Å². The molecule has 2 rings (SSSR count). The zero-order valence-corrected chi connectivity index (χ0v) is 12.5. The van der Waals surface area contributed by atoms with E-state index in [1.165, 1.54) is 18.1 Å². The number of rotatable bonds is 5. The van der Waals surface area contributed by atoms with E-state index in [1.807, 2.05) is 12.1 Å². The second kappa shape index (κ2) is 6.34. The highest BCUT2D eigenvalue weighted by atomic mass is 32.2. The molecule has 7 heteroatoms. The highest BCUT2D eigenvalue weighted by molar-refractivity contribution is 7.89. The van der Waals surface area contributed by atoms with E-state index in [0.29, 0.717) is 4.90 Å². The molecule has 1 aromatic heterocycles. The summed E-state index contributed by atoms with van der Waals surface area (Å²) in [6.07, 6.45) is 5.22. The molecule has 0 aliphatic carbocycles. The number of piperazine rings is 1. The fraction of sp³-hybridized carbons (Fsp3) is 0.462. The Balaban J connectivity index is 2.21. The Kier molecular flexibility index (Phi) is 4.74. The third-order valence-electron chi connectivity index (χ3n) is 3.61. The minimum atomic E-state index is -3.45. The van der Waals surface area contributed by atoms with E-state index in [9.17, 15) is 8.42 Å². The molecule has 0 amide bonds. The third kappa shape index (κ3) is 3.17. The van der Waals surface area contributed by atoms with Crippen molar-refractivity contribution in [2.75, 3.05) is 44.7 Å². The molecule has 20 heavy (non-hydrogen) atoms. The average Bonchev–Trinajstić information content (AvgIpc) is 2.48. The van der Waals surface area contributed by atoms with Crippen LogP contribution in [0.25, 0.3) is 0 Å². The van der Waals surface area contributed by atoms with Crippen molar-refractivity contribution >= 4 is 15.7 Å². The highest BCUT2D eigenvalue weighted by Gasteiger charge is 2.26. The lowest BCUT2D eigenvalue weighted by atomic mass is 10.2. The quantitative estimate of drug-likeness (QED) is 0.637. The maximum absolute atomic E-state index is 12.1. The molecule has 0 aromatic carbocycles. The Bertz CT molecular complexity index is 565. The molecule has 2 heterocycles. The van der Waals surface area contributed by atoms with Crippen molar-refractivity contribution in [3.05, 3.63) is 31.1 Å². The van der Waals surface area contributed by atoms with E-state index in [-0.39, 0.29) is 0 Å². The summed E-state index contributed by atoms with van der Waals surface area (Å²) in [5, 5.41) is 0. The summed E-state index contributed by atoms with van der Waals surface area (Å²) in [7, 11) is -2.02. The topological polar surface area (TPSA) is 68.0 Å². The summed E-state index contributed by atoms with van der Waals surface area (Å²) < 4.78 is 26.5. The fourth-order valence-corrected chi connectivity index (χ4v) is 3.38. The first-order chi connectivity index (χ1) is 9.58. The second-order valence-corrected chi connectivity index (χ2v) is 6.69. The molecular weight excluding hydrogens is 276 g/mol. The van der Waals surface area contributed by atoms with Gasteiger partial charge in [0.05, 0.1) is 38.4 Å². The van der Waals surface area contributed by atoms with E-state index in [0.717, 1.165) is 38.4 Å². The number of hydrogen-bond acceptors (Lipinski definition) is 3. The summed E-state index contributed by atoms with van der Waals surface area (Å²) in [5.74, 6) is 0. The monoisotopic (exact) mass is 298 g/mol. The smallest absolute Gasteiger partial charge is 0.248 e. The summed E-state index contributed by atoms with van der Waals surface area (Å²) in [6, 6.07) is 1.82. The van der Waals surface area contributed by atoms with Crippen LogP contribution in [0.4, 0.5) is 5.69 Å². The van der Waals surface area contributed by atoms with Gasteiger partial charge in [-0.05, 0) is 13.1 Å². The van der Waals surface area contributed by atoms with Gasteiger partial charge in [-0.15, -0.1) is 0 Å². The van der Waals surface area contributed by atoms with Crippen LogP contribution in [-0.2, 0) is 10.0 Å². The molecule has 1 saturated heterocycles. The van der Waals surface area contributed by atoms with Crippen LogP contribution in [0.2, 0.25) is 0 Å². The molecule has 1 aliphatic rings. The molecule has 6 nitrogen and oxygen atoms in total. The number of aromatic amines is 1. The minimum absolute atomic E-state index is 0.301. The van der Waals surface area contributed by atoms with Gasteiger partial charge in [-0.25, -0.2) is 18.1 Å². The average molecular weight is 298 g/mol. The van der Waals surface area contributed by atoms with Crippen LogP contribution < -0.4 is 19.5 Å². The number of aromatic nitrogens is 1. The van der Waals surface area contributed by atoms with Crippen LogP contribution >= 0.6 is 0 Å². The fourth-order valence-electron chi connectivity index (χ4n) is 2.47. The molecule has 0 radical (unpaired) electrons. The second-order valence-electron chi connectivity index (χ2n) is 4.83. The molecular formula is C13H22N4O2S+2. The van der Waals surface area contributed by atoms with Crippen LogP contribution in [0, 0.1) is 0 Å². The van der Waals surface area contributed by atoms with Crippen LogP contribution in [0.3, 0.4) is 0 Å². The van der Waals surface area contributed by atoms with Gasteiger partial charge in [-0.1, -0.05) is 6.58 Å². The SMILES string of the molecule is C=CC[NH+]1CCN(c2cc[nH+]cc2S(=O)(=O)NC)CC1. The molecule has 1 aromatic rings. The standard InChI is InChI=1S/C13H20N4O2S/c1-3-6-16-7-9-17(10-8-16)12-4-5-15-11-13(12)20(18,19)14-2/h3-5,11,14H,1,6-10H2,2H3/p+2. The van der Waals surface area contributed by atoms with Crippen molar-refractivity contribution < 1.29 is 18.3 Å². The molecule has 1 aliphatic heterocycles. The molecule has 0 spiro atoms. The molecule has 1 fully saturated rings. The predicted molar refractivity (Wildman–Crippen MR) is 77.2 cm³/mol. The largest absolute Gasteiger partial charge is 0.359 e. The predicted octanol–water partition coefficient (Wildman–Crippen LogP) is -1.70. The van der Waals surface area contributed by atoms with Gasteiger partial charge in [0.2, 0.25) is 10.0 Å². The Hall–Kier alpha value is -1.44. The van der Waals surface area contributed by atoms with E-state index in [2.05, 4.69) is 21.2 Å². The van der Waals surface area contributed by atoms with Gasteiger partial charge in [0.25, 0.3) is 0 Å². The number of nitrogens with zero attached hydrogens (tertiary/aromatic N) is 1. The lowest BCUT2D eigenvalue weighted by Crippen LogP contribution is -3.14. The Labute approximate surface area is 120 Å². The lowest BCUT2D eigenvalue weighted by Gasteiger charge is -2.33. The van der Waals surface area contributed by atoms with Gasteiger partial charge >= 0.3 is 0 Å². The van der Waals surface area contributed by atoms with Gasteiger partial charge in [0.1, 0.15) is 0 Å². The molecule has 0 bridgehead atoms. The first kappa shape index (κ1) is 15.0. The van der Waals surface area contributed by atoms with E-state index < -0.39 is 10.0 Å². The Morgan fingerprint density at radius 2 is 2.20 bits per heavy atom. The molecule has 110 valence electrons. The number of hydrogen-bond donors (Lipinski definition) is 2. The zero-order chi connectivity index (χ0) is 14.6. The van der Waals surface area contributed by atoms with Crippen LogP contribution in [0.15, 0.2) is 36.0 Å². The minimum Gasteiger partial charge on any atom is -0.359 e. The molecule has 3 N–H and O–H groups in total. The van der Waals surface area contributed by atoms with Gasteiger partial charge in [0, 0.05) is 6.07 Å². The van der Waals surface area contributed by atoms with Gasteiger partial charge in [-0.2, -0.15) is 0 Å². The lowest BCUT2D eigenvalue weighted by molar-refractivity contribution is -0.894. The first-order valence-electron chi connectivity index (χ1n) is 6.71. The number of nitrogens with one attached hydrogen (secondary N) is 3. The normalized spacial score (nSPS) is 17.1. The summed E-state index contributed by atoms with van der Waals surface area (Å²) in [6.45, 7) is 8.39. The van der Waals surface area contributed by atoms with Crippen molar-refractivity contribution in [1.82, 2.24) is 4.72 Å². The van der Waals surface area contributed by atoms with Gasteiger partial charge < -0.3 is 9.80 Å². The number of H-pyrrole nitrogens is 1. The molecule has 0 atom stereocenters. The van der Waals surface area contributed by atoms with Crippen LogP contribution in [0.5, 0.6) is 0 Å². The van der Waals surface area contributed by atoms with Crippen molar-refractivity contribution in [2.24, 2.45) is 0 Å². The Morgan fingerprint density at radius 3 is 2.80 bits per heavy atom. The van der Waals surface area contributed by atoms with Crippen molar-refractivity contribution in [3.8, 4) is 0 Å².